The molecule has 0 radical (unpaired) electrons. The van der Waals surface area contributed by atoms with Crippen LogP contribution in [0.2, 0.25) is 25.7 Å². The van der Waals surface area contributed by atoms with Crippen molar-refractivity contribution in [2.45, 2.75) is 32.4 Å². The van der Waals surface area contributed by atoms with Gasteiger partial charge in [-0.15, -0.1) is 0 Å². The van der Waals surface area contributed by atoms with E-state index < -0.39 is 13.9 Å². The van der Waals surface area contributed by atoms with Gasteiger partial charge in [0.2, 0.25) is 0 Å². The van der Waals surface area contributed by atoms with Crippen molar-refractivity contribution in [3.05, 3.63) is 29.7 Å². The van der Waals surface area contributed by atoms with Gasteiger partial charge in [-0.25, -0.2) is 9.07 Å². The zero-order valence-electron chi connectivity index (χ0n) is 12.0. The first kappa shape index (κ1) is 14.9. The minimum atomic E-state index is -1.11. The summed E-state index contributed by atoms with van der Waals surface area (Å²) in [5, 5.41) is 4.90. The van der Waals surface area contributed by atoms with Gasteiger partial charge in [-0.05, 0) is 12.1 Å². The SMILES string of the molecule is C[Si](C)(C)CCOCn1ncc2cc(C=O)c(F)cc21. The van der Waals surface area contributed by atoms with Gasteiger partial charge in [-0.3, -0.25) is 4.79 Å². The first-order chi connectivity index (χ1) is 9.40. The van der Waals surface area contributed by atoms with E-state index in [1.54, 1.807) is 10.9 Å². The number of aromatic nitrogens is 2. The lowest BCUT2D eigenvalue weighted by Crippen LogP contribution is -2.22. The van der Waals surface area contributed by atoms with Crippen molar-refractivity contribution in [1.82, 2.24) is 9.78 Å². The third-order valence-electron chi connectivity index (χ3n) is 3.10. The average Bonchev–Trinajstić information content (AvgIpc) is 2.75. The van der Waals surface area contributed by atoms with Crippen LogP contribution in [-0.2, 0) is 11.5 Å². The number of hydrogen-bond acceptors (Lipinski definition) is 3. The molecule has 6 heteroatoms. The van der Waals surface area contributed by atoms with Crippen LogP contribution in [0, 0.1) is 5.82 Å². The maximum Gasteiger partial charge on any atom is 0.153 e. The molecule has 4 nitrogen and oxygen atoms in total. The highest BCUT2D eigenvalue weighted by atomic mass is 28.3. The number of hydrogen-bond donors (Lipinski definition) is 0. The molecular formula is C14H19FN2O2Si. The molecule has 0 aliphatic carbocycles. The van der Waals surface area contributed by atoms with Crippen LogP contribution < -0.4 is 0 Å². The van der Waals surface area contributed by atoms with E-state index in [1.165, 1.54) is 12.1 Å². The fraction of sp³-hybridized carbons (Fsp3) is 0.429. The zero-order chi connectivity index (χ0) is 14.8. The van der Waals surface area contributed by atoms with E-state index in [1.807, 2.05) is 0 Å². The van der Waals surface area contributed by atoms with E-state index in [0.29, 0.717) is 25.1 Å². The van der Waals surface area contributed by atoms with Crippen molar-refractivity contribution >= 4 is 25.3 Å². The maximum absolute atomic E-state index is 13.6. The number of ether oxygens (including phenoxy) is 1. The molecule has 0 atom stereocenters. The smallest absolute Gasteiger partial charge is 0.153 e. The molecule has 2 rings (SSSR count). The minimum absolute atomic E-state index is 0.0525. The molecule has 0 fully saturated rings. The number of benzene rings is 1. The van der Waals surface area contributed by atoms with Crippen LogP contribution >= 0.6 is 0 Å². The summed E-state index contributed by atoms with van der Waals surface area (Å²) in [5.41, 5.74) is 0.692. The Labute approximate surface area is 118 Å². The van der Waals surface area contributed by atoms with Crippen LogP contribution in [0.25, 0.3) is 10.9 Å². The molecule has 0 saturated carbocycles. The van der Waals surface area contributed by atoms with Crippen molar-refractivity contribution in [2.75, 3.05) is 6.61 Å². The standard InChI is InChI=1S/C14H19FN2O2Si/c1-20(2,3)5-4-19-10-17-14-7-13(15)12(9-18)6-11(14)8-16-17/h6-9H,4-5,10H2,1-3H3. The average molecular weight is 294 g/mol. The summed E-state index contributed by atoms with van der Waals surface area (Å²) in [5.74, 6) is -0.531. The Balaban J connectivity index is 2.08. The molecule has 0 amide bonds. The maximum atomic E-state index is 13.6. The van der Waals surface area contributed by atoms with E-state index in [0.717, 1.165) is 11.4 Å². The normalized spacial score (nSPS) is 12.0. The summed E-state index contributed by atoms with van der Waals surface area (Å²) >= 11 is 0. The second kappa shape index (κ2) is 5.84. The Morgan fingerprint density at radius 3 is 2.80 bits per heavy atom. The summed E-state index contributed by atoms with van der Waals surface area (Å²) in [6.45, 7) is 7.85. The third kappa shape index (κ3) is 3.52. The minimum Gasteiger partial charge on any atom is -0.360 e. The Morgan fingerprint density at radius 2 is 2.15 bits per heavy atom. The van der Waals surface area contributed by atoms with Gasteiger partial charge in [0.1, 0.15) is 12.5 Å². The molecule has 0 unspecified atom stereocenters. The molecule has 2 aromatic rings. The lowest BCUT2D eigenvalue weighted by molar-refractivity contribution is 0.0817. The Hall–Kier alpha value is -1.53. The van der Waals surface area contributed by atoms with Gasteiger partial charge < -0.3 is 4.74 Å². The fourth-order valence-corrected chi connectivity index (χ4v) is 2.60. The van der Waals surface area contributed by atoms with Crippen LogP contribution in [0.4, 0.5) is 4.39 Å². The number of carbonyl (C=O) groups excluding carboxylic acids is 1. The molecule has 1 aromatic heterocycles. The number of halogens is 1. The number of fused-ring (bicyclic) bond motifs is 1. The second-order valence-electron chi connectivity index (χ2n) is 6.04. The van der Waals surface area contributed by atoms with Crippen molar-refractivity contribution in [3.8, 4) is 0 Å². The van der Waals surface area contributed by atoms with Crippen molar-refractivity contribution in [2.24, 2.45) is 0 Å². The molecule has 0 aliphatic rings. The second-order valence-corrected chi connectivity index (χ2v) is 11.7. The fourth-order valence-electron chi connectivity index (χ4n) is 1.84. The first-order valence-electron chi connectivity index (χ1n) is 6.59. The van der Waals surface area contributed by atoms with Crippen LogP contribution in [0.1, 0.15) is 10.4 Å². The summed E-state index contributed by atoms with van der Waals surface area (Å²) in [6, 6.07) is 3.91. The zero-order valence-corrected chi connectivity index (χ0v) is 13.0. The van der Waals surface area contributed by atoms with Gasteiger partial charge in [0.15, 0.2) is 6.29 Å². The molecular weight excluding hydrogens is 275 g/mol. The number of carbonyl (C=O) groups is 1. The molecule has 0 N–H and O–H groups in total. The monoisotopic (exact) mass is 294 g/mol. The topological polar surface area (TPSA) is 44.1 Å². The van der Waals surface area contributed by atoms with E-state index >= 15 is 0 Å². The van der Waals surface area contributed by atoms with Gasteiger partial charge >= 0.3 is 0 Å². The van der Waals surface area contributed by atoms with Gasteiger partial charge in [-0.1, -0.05) is 19.6 Å². The highest BCUT2D eigenvalue weighted by molar-refractivity contribution is 6.76. The molecule has 20 heavy (non-hydrogen) atoms. The van der Waals surface area contributed by atoms with Gasteiger partial charge in [0.25, 0.3) is 0 Å². The lowest BCUT2D eigenvalue weighted by Gasteiger charge is -2.15. The van der Waals surface area contributed by atoms with E-state index in [2.05, 4.69) is 24.7 Å². The highest BCUT2D eigenvalue weighted by Crippen LogP contribution is 2.18. The summed E-state index contributed by atoms with van der Waals surface area (Å²) in [6.07, 6.45) is 2.13. The van der Waals surface area contributed by atoms with Gasteiger partial charge in [-0.2, -0.15) is 5.10 Å². The highest BCUT2D eigenvalue weighted by Gasteiger charge is 2.13. The summed E-state index contributed by atoms with van der Waals surface area (Å²) < 4.78 is 20.8. The molecule has 1 aromatic carbocycles. The largest absolute Gasteiger partial charge is 0.360 e. The van der Waals surface area contributed by atoms with Crippen molar-refractivity contribution < 1.29 is 13.9 Å². The van der Waals surface area contributed by atoms with Crippen LogP contribution in [0.3, 0.4) is 0 Å². The number of aldehydes is 1. The number of rotatable bonds is 6. The van der Waals surface area contributed by atoms with Crippen LogP contribution in [-0.4, -0.2) is 30.7 Å². The molecule has 0 aliphatic heterocycles. The quantitative estimate of drug-likeness (QED) is 0.466. The Kier molecular flexibility index (Phi) is 4.34. The Bertz CT molecular complexity index is 619. The number of nitrogens with zero attached hydrogens (tertiary/aromatic N) is 2. The van der Waals surface area contributed by atoms with E-state index in [-0.39, 0.29) is 5.56 Å². The molecule has 0 saturated heterocycles. The van der Waals surface area contributed by atoms with E-state index in [4.69, 9.17) is 4.74 Å². The summed E-state index contributed by atoms with van der Waals surface area (Å²) in [7, 11) is -1.11. The van der Waals surface area contributed by atoms with Crippen molar-refractivity contribution in [1.29, 1.82) is 0 Å². The predicted molar refractivity (Wildman–Crippen MR) is 79.2 cm³/mol. The van der Waals surface area contributed by atoms with Gasteiger partial charge in [0, 0.05) is 26.1 Å². The van der Waals surface area contributed by atoms with Crippen molar-refractivity contribution in [3.63, 3.8) is 0 Å². The van der Waals surface area contributed by atoms with E-state index in [9.17, 15) is 9.18 Å². The lowest BCUT2D eigenvalue weighted by atomic mass is 10.1. The van der Waals surface area contributed by atoms with Crippen LogP contribution in [0.15, 0.2) is 18.3 Å². The summed E-state index contributed by atoms with van der Waals surface area (Å²) in [4.78, 5) is 10.7. The first-order valence-corrected chi connectivity index (χ1v) is 10.3. The molecule has 108 valence electrons. The van der Waals surface area contributed by atoms with Crippen LogP contribution in [0.5, 0.6) is 0 Å². The Morgan fingerprint density at radius 1 is 1.40 bits per heavy atom. The molecule has 0 spiro atoms. The third-order valence-corrected chi connectivity index (χ3v) is 4.80. The predicted octanol–water partition coefficient (Wildman–Crippen LogP) is 3.30. The van der Waals surface area contributed by atoms with Gasteiger partial charge in [0.05, 0.1) is 17.3 Å². The molecule has 0 bridgehead atoms. The molecule has 1 heterocycles.